The van der Waals surface area contributed by atoms with E-state index in [1.54, 1.807) is 6.92 Å². The van der Waals surface area contributed by atoms with Gasteiger partial charge in [0.2, 0.25) is 5.91 Å². The minimum absolute atomic E-state index is 0.153. The van der Waals surface area contributed by atoms with Crippen LogP contribution in [0, 0.1) is 0 Å². The predicted molar refractivity (Wildman–Crippen MR) is 57.6 cm³/mol. The van der Waals surface area contributed by atoms with E-state index in [1.807, 2.05) is 18.7 Å². The molecule has 0 aliphatic heterocycles. The van der Waals surface area contributed by atoms with Crippen molar-refractivity contribution in [2.24, 2.45) is 5.73 Å². The summed E-state index contributed by atoms with van der Waals surface area (Å²) in [7, 11) is 0. The van der Waals surface area contributed by atoms with Gasteiger partial charge in [0.15, 0.2) is 0 Å². The lowest BCUT2D eigenvalue weighted by atomic mass is 10.3. The molecule has 0 aliphatic rings. The van der Waals surface area contributed by atoms with E-state index < -0.39 is 0 Å². The number of nitrogens with two attached hydrogens (primary N) is 1. The van der Waals surface area contributed by atoms with E-state index in [2.05, 4.69) is 6.92 Å². The van der Waals surface area contributed by atoms with Gasteiger partial charge in [-0.3, -0.25) is 4.79 Å². The van der Waals surface area contributed by atoms with Gasteiger partial charge in [0, 0.05) is 20.0 Å². The molecule has 0 aromatic carbocycles. The molecule has 0 atom stereocenters. The van der Waals surface area contributed by atoms with Crippen LogP contribution in [0.3, 0.4) is 0 Å². The van der Waals surface area contributed by atoms with Crippen molar-refractivity contribution in [1.82, 2.24) is 4.90 Å². The first-order valence-corrected chi connectivity index (χ1v) is 5.18. The first-order chi connectivity index (χ1) is 6.22. The monoisotopic (exact) mass is 188 g/mol. The number of hydrogen-bond acceptors (Lipinski definition) is 2. The minimum atomic E-state index is 0.153. The predicted octanol–water partition coefficient (Wildman–Crippen LogP) is 1.62. The highest BCUT2D eigenvalue weighted by atomic mass is 16.2. The van der Waals surface area contributed by atoms with Crippen LogP contribution in [0.1, 0.15) is 40.5 Å². The second-order valence-corrected chi connectivity index (χ2v) is 2.65. The average Bonchev–Trinajstić information content (AvgIpc) is 2.15. The van der Waals surface area contributed by atoms with Crippen molar-refractivity contribution in [3.63, 3.8) is 0 Å². The van der Waals surface area contributed by atoms with Gasteiger partial charge in [-0.2, -0.15) is 0 Å². The van der Waals surface area contributed by atoms with E-state index in [4.69, 9.17) is 5.73 Å². The third-order valence-electron chi connectivity index (χ3n) is 1.57. The summed E-state index contributed by atoms with van der Waals surface area (Å²) in [5.41, 5.74) is 5.34. The molecule has 13 heavy (non-hydrogen) atoms. The minimum Gasteiger partial charge on any atom is -0.343 e. The van der Waals surface area contributed by atoms with Gasteiger partial charge in [0.1, 0.15) is 0 Å². The van der Waals surface area contributed by atoms with Gasteiger partial charge < -0.3 is 10.6 Å². The van der Waals surface area contributed by atoms with Crippen LogP contribution in [0.2, 0.25) is 0 Å². The SMILES string of the molecule is CC.CCCN(CCCN)C(C)=O. The fourth-order valence-corrected chi connectivity index (χ4v) is 0.979. The van der Waals surface area contributed by atoms with Crippen LogP contribution in [0.4, 0.5) is 0 Å². The van der Waals surface area contributed by atoms with E-state index in [1.165, 1.54) is 0 Å². The van der Waals surface area contributed by atoms with Gasteiger partial charge in [-0.15, -0.1) is 0 Å². The van der Waals surface area contributed by atoms with E-state index in [0.29, 0.717) is 6.54 Å². The molecule has 0 bridgehead atoms. The zero-order chi connectivity index (χ0) is 10.7. The molecule has 0 unspecified atom stereocenters. The third-order valence-corrected chi connectivity index (χ3v) is 1.57. The van der Waals surface area contributed by atoms with Crippen LogP contribution < -0.4 is 5.73 Å². The van der Waals surface area contributed by atoms with E-state index in [9.17, 15) is 4.79 Å². The summed E-state index contributed by atoms with van der Waals surface area (Å²) in [5.74, 6) is 0.153. The summed E-state index contributed by atoms with van der Waals surface area (Å²) >= 11 is 0. The second kappa shape index (κ2) is 11.4. The molecule has 0 fully saturated rings. The average molecular weight is 188 g/mol. The molecule has 0 aromatic rings. The van der Waals surface area contributed by atoms with E-state index in [-0.39, 0.29) is 5.91 Å². The fourth-order valence-electron chi connectivity index (χ4n) is 0.979. The Hall–Kier alpha value is -0.570. The molecule has 1 amide bonds. The van der Waals surface area contributed by atoms with Crippen LogP contribution >= 0.6 is 0 Å². The van der Waals surface area contributed by atoms with Crippen LogP contribution in [0.15, 0.2) is 0 Å². The fraction of sp³-hybridized carbons (Fsp3) is 0.900. The number of rotatable bonds is 5. The van der Waals surface area contributed by atoms with Gasteiger partial charge >= 0.3 is 0 Å². The highest BCUT2D eigenvalue weighted by Crippen LogP contribution is 1.93. The molecule has 2 N–H and O–H groups in total. The molecule has 0 radical (unpaired) electrons. The number of carbonyl (C=O) groups is 1. The zero-order valence-electron chi connectivity index (χ0n) is 9.47. The number of nitrogens with zero attached hydrogens (tertiary/aromatic N) is 1. The standard InChI is InChI=1S/C8H18N2O.C2H6/c1-3-6-10(8(2)11)7-4-5-9;1-2/h3-7,9H2,1-2H3;1-2H3. The summed E-state index contributed by atoms with van der Waals surface area (Å²) in [6.07, 6.45) is 1.92. The molecule has 0 aromatic heterocycles. The Morgan fingerprint density at radius 2 is 1.85 bits per heavy atom. The van der Waals surface area contributed by atoms with Gasteiger partial charge in [-0.05, 0) is 19.4 Å². The maximum Gasteiger partial charge on any atom is 0.219 e. The van der Waals surface area contributed by atoms with Gasteiger partial charge in [0.05, 0.1) is 0 Å². The molecule has 0 spiro atoms. The molecule has 0 heterocycles. The van der Waals surface area contributed by atoms with Crippen LogP contribution in [0.5, 0.6) is 0 Å². The summed E-state index contributed by atoms with van der Waals surface area (Å²) in [4.78, 5) is 12.8. The Bertz CT molecular complexity index is 115. The molecule has 0 saturated heterocycles. The highest BCUT2D eigenvalue weighted by molar-refractivity contribution is 5.73. The molecular formula is C10H24N2O. The topological polar surface area (TPSA) is 46.3 Å². The smallest absolute Gasteiger partial charge is 0.219 e. The molecule has 0 aliphatic carbocycles. The van der Waals surface area contributed by atoms with Crippen LogP contribution in [0.25, 0.3) is 0 Å². The Balaban J connectivity index is 0. The van der Waals surface area contributed by atoms with Crippen molar-refractivity contribution in [3.05, 3.63) is 0 Å². The second-order valence-electron chi connectivity index (χ2n) is 2.65. The highest BCUT2D eigenvalue weighted by Gasteiger charge is 2.04. The lowest BCUT2D eigenvalue weighted by molar-refractivity contribution is -0.128. The van der Waals surface area contributed by atoms with Crippen molar-refractivity contribution < 1.29 is 4.79 Å². The van der Waals surface area contributed by atoms with Crippen LogP contribution in [-0.4, -0.2) is 30.4 Å². The Kier molecular flexibility index (Phi) is 13.1. The van der Waals surface area contributed by atoms with Gasteiger partial charge in [0.25, 0.3) is 0 Å². The maximum absolute atomic E-state index is 10.9. The van der Waals surface area contributed by atoms with Crippen molar-refractivity contribution >= 4 is 5.91 Å². The molecular weight excluding hydrogens is 164 g/mol. The Morgan fingerprint density at radius 1 is 1.31 bits per heavy atom. The lowest BCUT2D eigenvalue weighted by Gasteiger charge is -2.19. The summed E-state index contributed by atoms with van der Waals surface area (Å²) < 4.78 is 0. The van der Waals surface area contributed by atoms with E-state index in [0.717, 1.165) is 25.9 Å². The normalized spacial score (nSPS) is 8.69. The van der Waals surface area contributed by atoms with Crippen molar-refractivity contribution in [1.29, 1.82) is 0 Å². The van der Waals surface area contributed by atoms with Crippen molar-refractivity contribution in [3.8, 4) is 0 Å². The van der Waals surface area contributed by atoms with Gasteiger partial charge in [-0.1, -0.05) is 20.8 Å². The third kappa shape index (κ3) is 9.34. The van der Waals surface area contributed by atoms with Crippen molar-refractivity contribution in [2.75, 3.05) is 19.6 Å². The molecule has 0 saturated carbocycles. The molecule has 0 rings (SSSR count). The van der Waals surface area contributed by atoms with E-state index >= 15 is 0 Å². The number of hydrogen-bond donors (Lipinski definition) is 1. The molecule has 80 valence electrons. The quantitative estimate of drug-likeness (QED) is 0.712. The van der Waals surface area contributed by atoms with Crippen LogP contribution in [-0.2, 0) is 4.79 Å². The largest absolute Gasteiger partial charge is 0.343 e. The summed E-state index contributed by atoms with van der Waals surface area (Å²) in [6, 6.07) is 0. The Labute approximate surface area is 82.3 Å². The summed E-state index contributed by atoms with van der Waals surface area (Å²) in [5, 5.41) is 0. The van der Waals surface area contributed by atoms with Gasteiger partial charge in [-0.25, -0.2) is 0 Å². The lowest BCUT2D eigenvalue weighted by Crippen LogP contribution is -2.31. The van der Waals surface area contributed by atoms with Crippen molar-refractivity contribution in [2.45, 2.75) is 40.5 Å². The zero-order valence-corrected chi connectivity index (χ0v) is 9.47. The molecule has 3 nitrogen and oxygen atoms in total. The first kappa shape index (κ1) is 14.9. The summed E-state index contributed by atoms with van der Waals surface area (Å²) in [6.45, 7) is 9.99. The number of amides is 1. The maximum atomic E-state index is 10.9. The first-order valence-electron chi connectivity index (χ1n) is 5.18. The Morgan fingerprint density at radius 3 is 2.15 bits per heavy atom. The number of carbonyl (C=O) groups excluding carboxylic acids is 1. The molecule has 3 heteroatoms.